The van der Waals surface area contributed by atoms with E-state index in [0.29, 0.717) is 50.7 Å². The number of aromatic nitrogens is 3. The summed E-state index contributed by atoms with van der Waals surface area (Å²) < 4.78 is 6.72. The molecule has 0 spiro atoms. The Bertz CT molecular complexity index is 897. The van der Waals surface area contributed by atoms with Crippen molar-refractivity contribution in [2.24, 2.45) is 7.05 Å². The number of carbonyl (C=O) groups is 2. The molecule has 28 heavy (non-hydrogen) atoms. The van der Waals surface area contributed by atoms with E-state index in [1.54, 1.807) is 28.9 Å². The molecule has 2 aromatic heterocycles. The summed E-state index contributed by atoms with van der Waals surface area (Å²) >= 11 is 0. The third-order valence-corrected chi connectivity index (χ3v) is 4.65. The van der Waals surface area contributed by atoms with Crippen molar-refractivity contribution < 1.29 is 14.3 Å². The number of carbonyl (C=O) groups excluding carboxylic acids is 2. The summed E-state index contributed by atoms with van der Waals surface area (Å²) in [5, 5.41) is 6.88. The highest BCUT2D eigenvalue weighted by atomic mass is 16.5. The predicted molar refractivity (Wildman–Crippen MR) is 101 cm³/mol. The zero-order valence-corrected chi connectivity index (χ0v) is 16.0. The van der Waals surface area contributed by atoms with Gasteiger partial charge in [-0.05, 0) is 12.1 Å². The summed E-state index contributed by atoms with van der Waals surface area (Å²) in [6, 6.07) is 3.11. The number of H-pyrrole nitrogens is 1. The lowest BCUT2D eigenvalue weighted by Crippen LogP contribution is -2.50. The first-order valence-electron chi connectivity index (χ1n) is 9.04. The number of rotatable bonds is 6. The van der Waals surface area contributed by atoms with Crippen molar-refractivity contribution in [2.75, 3.05) is 46.4 Å². The molecular formula is C18H24N6O4. The van der Waals surface area contributed by atoms with Crippen LogP contribution in [0.15, 0.2) is 29.3 Å². The van der Waals surface area contributed by atoms with Crippen LogP contribution in [-0.4, -0.2) is 82.8 Å². The maximum absolute atomic E-state index is 12.7. The summed E-state index contributed by atoms with van der Waals surface area (Å²) in [5.74, 6) is -0.158. The molecule has 1 aliphatic heterocycles. The van der Waals surface area contributed by atoms with Gasteiger partial charge in [-0.15, -0.1) is 5.10 Å². The van der Waals surface area contributed by atoms with Gasteiger partial charge in [-0.1, -0.05) is 0 Å². The number of nitrogens with one attached hydrogen (secondary N) is 2. The van der Waals surface area contributed by atoms with Gasteiger partial charge in [0.25, 0.3) is 17.4 Å². The Kier molecular flexibility index (Phi) is 6.09. The lowest BCUT2D eigenvalue weighted by atomic mass is 10.2. The Morgan fingerprint density at radius 2 is 2.00 bits per heavy atom. The maximum Gasteiger partial charge on any atom is 0.261 e. The molecular weight excluding hydrogens is 364 g/mol. The fourth-order valence-electron chi connectivity index (χ4n) is 3.13. The second kappa shape index (κ2) is 8.70. The van der Waals surface area contributed by atoms with Crippen molar-refractivity contribution in [3.8, 4) is 5.88 Å². The van der Waals surface area contributed by atoms with Crippen LogP contribution in [0.2, 0.25) is 0 Å². The van der Waals surface area contributed by atoms with Crippen LogP contribution in [0.4, 0.5) is 0 Å². The Hall–Kier alpha value is -3.14. The molecule has 2 aromatic rings. The zero-order valence-electron chi connectivity index (χ0n) is 16.0. The highest BCUT2D eigenvalue weighted by Gasteiger charge is 2.26. The molecule has 1 fully saturated rings. The number of aryl methyl sites for hydroxylation is 1. The molecule has 10 heteroatoms. The predicted octanol–water partition coefficient (Wildman–Crippen LogP) is -0.695. The van der Waals surface area contributed by atoms with E-state index in [1.807, 2.05) is 0 Å². The third-order valence-electron chi connectivity index (χ3n) is 4.65. The summed E-state index contributed by atoms with van der Waals surface area (Å²) in [6.45, 7) is 3.66. The standard InChI is InChI=1S/C18H24N6O4/c1-22-12-14(17(21-22)28-2)18(27)24-10-8-23(9-11-24)7-6-20-16(26)13-4-3-5-19-15(13)25/h3-5,12H,6-11H2,1-2H3,(H,19,25)(H,20,26). The summed E-state index contributed by atoms with van der Waals surface area (Å²) in [7, 11) is 3.24. The molecule has 0 aliphatic carbocycles. The summed E-state index contributed by atoms with van der Waals surface area (Å²) in [4.78, 5) is 42.8. The molecule has 0 atom stereocenters. The Morgan fingerprint density at radius 1 is 1.25 bits per heavy atom. The molecule has 2 amide bonds. The smallest absolute Gasteiger partial charge is 0.261 e. The highest BCUT2D eigenvalue weighted by molar-refractivity contribution is 5.96. The first-order valence-corrected chi connectivity index (χ1v) is 9.04. The van der Waals surface area contributed by atoms with Crippen LogP contribution in [0.3, 0.4) is 0 Å². The minimum atomic E-state index is -0.405. The summed E-state index contributed by atoms with van der Waals surface area (Å²) in [6.07, 6.45) is 3.15. The van der Waals surface area contributed by atoms with Crippen LogP contribution in [0.5, 0.6) is 5.88 Å². The van der Waals surface area contributed by atoms with Gasteiger partial charge in [-0.25, -0.2) is 0 Å². The van der Waals surface area contributed by atoms with E-state index in [0.717, 1.165) is 0 Å². The van der Waals surface area contributed by atoms with Gasteiger partial charge in [0.2, 0.25) is 5.88 Å². The average molecular weight is 388 g/mol. The second-order valence-electron chi connectivity index (χ2n) is 6.53. The van der Waals surface area contributed by atoms with Crippen LogP contribution in [-0.2, 0) is 7.05 Å². The molecule has 3 rings (SSSR count). The normalized spacial score (nSPS) is 14.7. The van der Waals surface area contributed by atoms with E-state index in [2.05, 4.69) is 20.3 Å². The second-order valence-corrected chi connectivity index (χ2v) is 6.53. The van der Waals surface area contributed by atoms with Gasteiger partial charge >= 0.3 is 0 Å². The molecule has 150 valence electrons. The fourth-order valence-corrected chi connectivity index (χ4v) is 3.13. The van der Waals surface area contributed by atoms with E-state index < -0.39 is 5.56 Å². The lowest BCUT2D eigenvalue weighted by molar-refractivity contribution is 0.0634. The number of ether oxygens (including phenoxy) is 1. The number of hydrogen-bond acceptors (Lipinski definition) is 6. The van der Waals surface area contributed by atoms with Crippen molar-refractivity contribution >= 4 is 11.8 Å². The van der Waals surface area contributed by atoms with Gasteiger partial charge in [0, 0.05) is 58.7 Å². The molecule has 1 saturated heterocycles. The number of piperazine rings is 1. The van der Waals surface area contributed by atoms with Crippen LogP contribution in [0, 0.1) is 0 Å². The quantitative estimate of drug-likeness (QED) is 0.677. The first-order chi connectivity index (χ1) is 13.5. The SMILES string of the molecule is COc1nn(C)cc1C(=O)N1CCN(CCNC(=O)c2ccc[nH]c2=O)CC1. The third kappa shape index (κ3) is 4.39. The Morgan fingerprint density at radius 3 is 2.68 bits per heavy atom. The molecule has 0 bridgehead atoms. The Labute approximate surface area is 162 Å². The van der Waals surface area contributed by atoms with Crippen molar-refractivity contribution in [1.82, 2.24) is 29.9 Å². The maximum atomic E-state index is 12.7. The zero-order chi connectivity index (χ0) is 20.1. The Balaban J connectivity index is 1.45. The van der Waals surface area contributed by atoms with E-state index in [4.69, 9.17) is 4.74 Å². The number of hydrogen-bond donors (Lipinski definition) is 2. The minimum absolute atomic E-state index is 0.0961. The lowest BCUT2D eigenvalue weighted by Gasteiger charge is -2.34. The van der Waals surface area contributed by atoms with Crippen LogP contribution in [0.25, 0.3) is 0 Å². The fraction of sp³-hybridized carbons (Fsp3) is 0.444. The topological polar surface area (TPSA) is 113 Å². The molecule has 0 aromatic carbocycles. The molecule has 0 saturated carbocycles. The van der Waals surface area contributed by atoms with Gasteiger partial charge in [-0.3, -0.25) is 24.0 Å². The van der Waals surface area contributed by atoms with Gasteiger partial charge in [0.05, 0.1) is 7.11 Å². The van der Waals surface area contributed by atoms with Crippen molar-refractivity contribution in [2.45, 2.75) is 0 Å². The molecule has 10 nitrogen and oxygen atoms in total. The van der Waals surface area contributed by atoms with Gasteiger partial charge < -0.3 is 19.9 Å². The summed E-state index contributed by atoms with van der Waals surface area (Å²) in [5.41, 5.74) is 0.153. The van der Waals surface area contributed by atoms with E-state index in [9.17, 15) is 14.4 Å². The molecule has 0 radical (unpaired) electrons. The minimum Gasteiger partial charge on any atom is -0.479 e. The highest BCUT2D eigenvalue weighted by Crippen LogP contribution is 2.18. The molecule has 2 N–H and O–H groups in total. The average Bonchev–Trinajstić information content (AvgIpc) is 3.09. The van der Waals surface area contributed by atoms with E-state index in [1.165, 1.54) is 19.4 Å². The van der Waals surface area contributed by atoms with E-state index in [-0.39, 0.29) is 17.4 Å². The molecule has 3 heterocycles. The molecule has 0 unspecified atom stereocenters. The van der Waals surface area contributed by atoms with Crippen LogP contribution in [0.1, 0.15) is 20.7 Å². The number of aromatic amines is 1. The monoisotopic (exact) mass is 388 g/mol. The van der Waals surface area contributed by atoms with Gasteiger partial charge in [-0.2, -0.15) is 0 Å². The van der Waals surface area contributed by atoms with Crippen molar-refractivity contribution in [1.29, 1.82) is 0 Å². The van der Waals surface area contributed by atoms with Crippen LogP contribution >= 0.6 is 0 Å². The van der Waals surface area contributed by atoms with Crippen molar-refractivity contribution in [3.63, 3.8) is 0 Å². The van der Waals surface area contributed by atoms with Gasteiger partial charge in [0.15, 0.2) is 0 Å². The number of pyridine rings is 1. The van der Waals surface area contributed by atoms with Crippen LogP contribution < -0.4 is 15.6 Å². The van der Waals surface area contributed by atoms with Gasteiger partial charge in [0.1, 0.15) is 11.1 Å². The van der Waals surface area contributed by atoms with E-state index >= 15 is 0 Å². The first kappa shape index (κ1) is 19.6. The number of nitrogens with zero attached hydrogens (tertiary/aromatic N) is 4. The number of methoxy groups -OCH3 is 1. The largest absolute Gasteiger partial charge is 0.479 e. The molecule has 1 aliphatic rings. The number of amides is 2. The van der Waals surface area contributed by atoms with Crippen molar-refractivity contribution in [3.05, 3.63) is 46.0 Å².